The maximum Gasteiger partial charge on any atom is 0.254 e. The van der Waals surface area contributed by atoms with Crippen LogP contribution in [0.4, 0.5) is 5.69 Å². The Morgan fingerprint density at radius 1 is 1.41 bits per heavy atom. The molecule has 2 aliphatic rings. The van der Waals surface area contributed by atoms with Crippen molar-refractivity contribution < 1.29 is 14.3 Å². The molecule has 1 saturated carbocycles. The number of morpholine rings is 1. The summed E-state index contributed by atoms with van der Waals surface area (Å²) in [5.74, 6) is 0.669. The van der Waals surface area contributed by atoms with E-state index in [1.165, 1.54) is 12.8 Å². The zero-order chi connectivity index (χ0) is 14.5. The lowest BCUT2D eigenvalue weighted by Crippen LogP contribution is -2.45. The highest BCUT2D eigenvalue weighted by Gasteiger charge is 2.22. The van der Waals surface area contributed by atoms with Gasteiger partial charge in [-0.3, -0.25) is 4.79 Å². The molecule has 2 N–H and O–H groups in total. The first-order valence-corrected chi connectivity index (χ1v) is 7.61. The van der Waals surface area contributed by atoms with Crippen LogP contribution in [0.1, 0.15) is 18.4 Å². The van der Waals surface area contributed by atoms with Gasteiger partial charge >= 0.3 is 0 Å². The lowest BCUT2D eigenvalue weighted by atomic mass is 10.2. The van der Waals surface area contributed by atoms with Crippen molar-refractivity contribution in [3.63, 3.8) is 0 Å². The van der Waals surface area contributed by atoms with E-state index in [9.17, 15) is 4.79 Å². The zero-order valence-corrected chi connectivity index (χ0v) is 13.4. The average molecular weight is 327 g/mol. The van der Waals surface area contributed by atoms with Gasteiger partial charge in [0.25, 0.3) is 5.91 Å². The number of ether oxygens (including phenoxy) is 2. The van der Waals surface area contributed by atoms with Crippen molar-refractivity contribution in [3.05, 3.63) is 29.8 Å². The standard InChI is InChI=1S/C16H22N2O3.ClH/c19-16(15-9-17-6-7-21-15)18-14-3-1-2-13(8-14)11-20-10-12-4-5-12;/h1-3,8,12,15,17H,4-7,9-11H2,(H,18,19);1H. The van der Waals surface area contributed by atoms with Gasteiger partial charge < -0.3 is 20.1 Å². The molecule has 0 radical (unpaired) electrons. The molecule has 22 heavy (non-hydrogen) atoms. The van der Waals surface area contributed by atoms with E-state index in [1.54, 1.807) is 0 Å². The molecule has 1 heterocycles. The van der Waals surface area contributed by atoms with E-state index in [4.69, 9.17) is 9.47 Å². The fraction of sp³-hybridized carbons (Fsp3) is 0.562. The van der Waals surface area contributed by atoms with Gasteiger partial charge in [-0.25, -0.2) is 0 Å². The predicted molar refractivity (Wildman–Crippen MR) is 87.3 cm³/mol. The van der Waals surface area contributed by atoms with Gasteiger partial charge in [0.1, 0.15) is 6.10 Å². The van der Waals surface area contributed by atoms with Crippen LogP contribution in [-0.2, 0) is 20.9 Å². The predicted octanol–water partition coefficient (Wildman–Crippen LogP) is 1.96. The molecule has 0 aromatic heterocycles. The molecular weight excluding hydrogens is 304 g/mol. The summed E-state index contributed by atoms with van der Waals surface area (Å²) in [6, 6.07) is 7.80. The molecular formula is C16H23ClN2O3. The summed E-state index contributed by atoms with van der Waals surface area (Å²) in [5.41, 5.74) is 1.87. The van der Waals surface area contributed by atoms with E-state index in [0.29, 0.717) is 19.8 Å². The molecule has 1 aliphatic carbocycles. The molecule has 0 bridgehead atoms. The lowest BCUT2D eigenvalue weighted by molar-refractivity contribution is -0.128. The van der Waals surface area contributed by atoms with Crippen LogP contribution in [0.3, 0.4) is 0 Å². The number of amides is 1. The fourth-order valence-electron chi connectivity index (χ4n) is 2.32. The molecule has 1 aliphatic heterocycles. The van der Waals surface area contributed by atoms with Crippen LogP contribution in [-0.4, -0.2) is 38.3 Å². The van der Waals surface area contributed by atoms with E-state index in [2.05, 4.69) is 10.6 Å². The van der Waals surface area contributed by atoms with E-state index in [0.717, 1.165) is 30.3 Å². The number of carbonyl (C=O) groups is 1. The maximum absolute atomic E-state index is 12.1. The number of nitrogens with one attached hydrogen (secondary N) is 2. The van der Waals surface area contributed by atoms with Crippen molar-refractivity contribution in [2.24, 2.45) is 5.92 Å². The number of hydrogen-bond donors (Lipinski definition) is 2. The van der Waals surface area contributed by atoms with Gasteiger partial charge in [0.2, 0.25) is 0 Å². The van der Waals surface area contributed by atoms with Crippen LogP contribution < -0.4 is 10.6 Å². The molecule has 1 unspecified atom stereocenters. The third-order valence-corrected chi connectivity index (χ3v) is 3.73. The van der Waals surface area contributed by atoms with Crippen LogP contribution in [0.5, 0.6) is 0 Å². The van der Waals surface area contributed by atoms with E-state index < -0.39 is 6.10 Å². The Morgan fingerprint density at radius 2 is 2.27 bits per heavy atom. The molecule has 5 nitrogen and oxygen atoms in total. The number of rotatable bonds is 6. The van der Waals surface area contributed by atoms with Crippen molar-refractivity contribution in [1.82, 2.24) is 5.32 Å². The van der Waals surface area contributed by atoms with E-state index in [1.807, 2.05) is 24.3 Å². The van der Waals surface area contributed by atoms with Crippen molar-refractivity contribution in [3.8, 4) is 0 Å². The van der Waals surface area contributed by atoms with Gasteiger partial charge in [-0.05, 0) is 36.5 Å². The van der Waals surface area contributed by atoms with Crippen LogP contribution in [0.25, 0.3) is 0 Å². The van der Waals surface area contributed by atoms with Gasteiger partial charge in [0.05, 0.1) is 13.2 Å². The summed E-state index contributed by atoms with van der Waals surface area (Å²) < 4.78 is 11.1. The lowest BCUT2D eigenvalue weighted by Gasteiger charge is -2.22. The van der Waals surface area contributed by atoms with Crippen LogP contribution in [0.2, 0.25) is 0 Å². The first-order chi connectivity index (χ1) is 10.3. The highest BCUT2D eigenvalue weighted by Crippen LogP contribution is 2.29. The quantitative estimate of drug-likeness (QED) is 0.839. The molecule has 2 fully saturated rings. The fourth-order valence-corrected chi connectivity index (χ4v) is 2.32. The Morgan fingerprint density at radius 3 is 3.00 bits per heavy atom. The SMILES string of the molecule is Cl.O=C(Nc1cccc(COCC2CC2)c1)C1CNCCO1. The molecule has 1 aromatic carbocycles. The normalized spacial score (nSPS) is 21.0. The molecule has 6 heteroatoms. The topological polar surface area (TPSA) is 59.6 Å². The summed E-state index contributed by atoms with van der Waals surface area (Å²) in [7, 11) is 0. The molecule has 1 aromatic rings. The third-order valence-electron chi connectivity index (χ3n) is 3.73. The summed E-state index contributed by atoms with van der Waals surface area (Å²) >= 11 is 0. The van der Waals surface area contributed by atoms with Crippen molar-refractivity contribution in [1.29, 1.82) is 0 Å². The highest BCUT2D eigenvalue weighted by atomic mass is 35.5. The molecule has 0 spiro atoms. The van der Waals surface area contributed by atoms with Gasteiger partial charge in [-0.2, -0.15) is 0 Å². The smallest absolute Gasteiger partial charge is 0.254 e. The maximum atomic E-state index is 12.1. The molecule has 1 saturated heterocycles. The van der Waals surface area contributed by atoms with Crippen LogP contribution in [0.15, 0.2) is 24.3 Å². The minimum atomic E-state index is -0.409. The van der Waals surface area contributed by atoms with Gasteiger partial charge in [-0.15, -0.1) is 12.4 Å². The second kappa shape index (κ2) is 8.48. The van der Waals surface area contributed by atoms with Gasteiger partial charge in [-0.1, -0.05) is 12.1 Å². The van der Waals surface area contributed by atoms with Crippen molar-refractivity contribution >= 4 is 24.0 Å². The third kappa shape index (κ3) is 5.25. The minimum absolute atomic E-state index is 0. The minimum Gasteiger partial charge on any atom is -0.376 e. The number of benzene rings is 1. The second-order valence-corrected chi connectivity index (χ2v) is 5.71. The average Bonchev–Trinajstić information content (AvgIpc) is 3.33. The van der Waals surface area contributed by atoms with E-state index in [-0.39, 0.29) is 18.3 Å². The van der Waals surface area contributed by atoms with Gasteiger partial charge in [0, 0.05) is 25.4 Å². The van der Waals surface area contributed by atoms with Crippen LogP contribution >= 0.6 is 12.4 Å². The van der Waals surface area contributed by atoms with Crippen molar-refractivity contribution in [2.45, 2.75) is 25.6 Å². The molecule has 3 rings (SSSR count). The van der Waals surface area contributed by atoms with E-state index >= 15 is 0 Å². The summed E-state index contributed by atoms with van der Waals surface area (Å²) in [4.78, 5) is 12.1. The Bertz CT molecular complexity index is 488. The summed E-state index contributed by atoms with van der Waals surface area (Å²) in [5, 5.41) is 6.06. The number of hydrogen-bond acceptors (Lipinski definition) is 4. The Labute approximate surface area is 137 Å². The number of halogens is 1. The van der Waals surface area contributed by atoms with Crippen molar-refractivity contribution in [2.75, 3.05) is 31.6 Å². The Balaban J connectivity index is 0.00000176. The number of anilines is 1. The van der Waals surface area contributed by atoms with Gasteiger partial charge in [0.15, 0.2) is 0 Å². The molecule has 122 valence electrons. The zero-order valence-electron chi connectivity index (χ0n) is 12.5. The van der Waals surface area contributed by atoms with Crippen LogP contribution in [0, 0.1) is 5.92 Å². The first kappa shape index (κ1) is 17.2. The Kier molecular flexibility index (Phi) is 6.64. The number of carbonyl (C=O) groups excluding carboxylic acids is 1. The summed E-state index contributed by atoms with van der Waals surface area (Å²) in [6.45, 7) is 3.39. The molecule has 1 amide bonds. The Hall–Kier alpha value is -1.14. The summed E-state index contributed by atoms with van der Waals surface area (Å²) in [6.07, 6.45) is 2.19. The first-order valence-electron chi connectivity index (χ1n) is 7.61. The largest absolute Gasteiger partial charge is 0.376 e. The second-order valence-electron chi connectivity index (χ2n) is 5.71. The monoisotopic (exact) mass is 326 g/mol. The highest BCUT2D eigenvalue weighted by molar-refractivity contribution is 5.94. The molecule has 1 atom stereocenters.